The van der Waals surface area contributed by atoms with Crippen LogP contribution in [0.4, 0.5) is 16.2 Å². The number of nitro groups is 1. The number of carbonyl (C=O) groups excluding carboxylic acids is 1. The van der Waals surface area contributed by atoms with Crippen LogP contribution >= 0.6 is 11.8 Å². The number of thioether (sulfide) groups is 1. The minimum absolute atomic E-state index is 0.0436. The molecule has 0 saturated carbocycles. The van der Waals surface area contributed by atoms with Crippen LogP contribution in [-0.4, -0.2) is 25.7 Å². The molecule has 4 rings (SSSR count). The lowest BCUT2D eigenvalue weighted by molar-refractivity contribution is -0.384. The summed E-state index contributed by atoms with van der Waals surface area (Å²) in [5.74, 6) is 1.32. The summed E-state index contributed by atoms with van der Waals surface area (Å²) < 4.78 is 1.94. The molecule has 2 N–H and O–H groups in total. The van der Waals surface area contributed by atoms with Crippen LogP contribution in [0.3, 0.4) is 0 Å². The molecular formula is C25H24N6O3S. The van der Waals surface area contributed by atoms with Gasteiger partial charge in [0.25, 0.3) is 5.69 Å². The molecule has 9 nitrogen and oxygen atoms in total. The number of carbonyl (C=O) groups is 1. The number of rotatable bonds is 8. The van der Waals surface area contributed by atoms with Gasteiger partial charge in [-0.2, -0.15) is 0 Å². The quantitative estimate of drug-likeness (QED) is 0.195. The van der Waals surface area contributed by atoms with Gasteiger partial charge in [0.1, 0.15) is 0 Å². The lowest BCUT2D eigenvalue weighted by atomic mass is 10.1. The summed E-state index contributed by atoms with van der Waals surface area (Å²) in [6, 6.07) is 21.4. The fraction of sp³-hybridized carbons (Fsp3) is 0.160. The molecule has 0 aliphatic rings. The zero-order valence-corrected chi connectivity index (χ0v) is 20.1. The second-order valence-electron chi connectivity index (χ2n) is 7.90. The minimum Gasteiger partial charge on any atom is -0.331 e. The van der Waals surface area contributed by atoms with Crippen molar-refractivity contribution in [3.05, 3.63) is 105 Å². The van der Waals surface area contributed by atoms with Crippen LogP contribution in [0.15, 0.2) is 78.0 Å². The zero-order valence-electron chi connectivity index (χ0n) is 19.3. The molecule has 4 aromatic rings. The summed E-state index contributed by atoms with van der Waals surface area (Å²) >= 11 is 1.58. The Balaban J connectivity index is 1.49. The number of hydrogen-bond donors (Lipinski definition) is 2. The molecular weight excluding hydrogens is 464 g/mol. The van der Waals surface area contributed by atoms with E-state index in [0.29, 0.717) is 11.5 Å². The highest BCUT2D eigenvalue weighted by molar-refractivity contribution is 7.98. The van der Waals surface area contributed by atoms with Gasteiger partial charge in [-0.1, -0.05) is 53.7 Å². The van der Waals surface area contributed by atoms with Gasteiger partial charge in [-0.15, -0.1) is 10.2 Å². The van der Waals surface area contributed by atoms with Crippen molar-refractivity contribution in [3.8, 4) is 5.69 Å². The van der Waals surface area contributed by atoms with Crippen LogP contribution < -0.4 is 10.6 Å². The molecule has 0 radical (unpaired) electrons. The number of amides is 2. The standard InChI is InChI=1S/C25H24N6O3S/c1-17-7-11-21(12-8-17)30-23(28-29-25(30)35-16-19-6-4-3-5-18(19)2)15-26-24(32)27-20-9-13-22(14-10-20)31(33)34/h3-14H,15-16H2,1-2H3,(H2,26,27,32). The van der Waals surface area contributed by atoms with E-state index in [1.165, 1.54) is 35.4 Å². The molecule has 0 fully saturated rings. The topological polar surface area (TPSA) is 115 Å². The van der Waals surface area contributed by atoms with Crippen LogP contribution in [0.25, 0.3) is 5.69 Å². The summed E-state index contributed by atoms with van der Waals surface area (Å²) in [7, 11) is 0. The van der Waals surface area contributed by atoms with Gasteiger partial charge in [0.2, 0.25) is 0 Å². The molecule has 0 unspecified atom stereocenters. The summed E-state index contributed by atoms with van der Waals surface area (Å²) in [6.45, 7) is 4.25. The van der Waals surface area contributed by atoms with Crippen molar-refractivity contribution < 1.29 is 9.72 Å². The number of aryl methyl sites for hydroxylation is 2. The lowest BCUT2D eigenvalue weighted by Crippen LogP contribution is -2.29. The van der Waals surface area contributed by atoms with E-state index in [2.05, 4.69) is 39.9 Å². The maximum absolute atomic E-state index is 12.4. The van der Waals surface area contributed by atoms with E-state index in [4.69, 9.17) is 0 Å². The van der Waals surface area contributed by atoms with Crippen molar-refractivity contribution in [2.75, 3.05) is 5.32 Å². The Morgan fingerprint density at radius 2 is 1.71 bits per heavy atom. The first kappa shape index (κ1) is 24.0. The molecule has 35 heavy (non-hydrogen) atoms. The third kappa shape index (κ3) is 6.04. The van der Waals surface area contributed by atoms with E-state index < -0.39 is 11.0 Å². The van der Waals surface area contributed by atoms with Gasteiger partial charge < -0.3 is 10.6 Å². The van der Waals surface area contributed by atoms with E-state index in [0.717, 1.165) is 22.2 Å². The monoisotopic (exact) mass is 488 g/mol. The molecule has 1 aromatic heterocycles. The number of hydrogen-bond acceptors (Lipinski definition) is 6. The van der Waals surface area contributed by atoms with Crippen molar-refractivity contribution in [1.82, 2.24) is 20.1 Å². The van der Waals surface area contributed by atoms with E-state index in [9.17, 15) is 14.9 Å². The first-order chi connectivity index (χ1) is 16.9. The SMILES string of the molecule is Cc1ccc(-n2c(CNC(=O)Nc3ccc([N+](=O)[O-])cc3)nnc2SCc2ccccc2C)cc1. The van der Waals surface area contributed by atoms with Gasteiger partial charge >= 0.3 is 6.03 Å². The van der Waals surface area contributed by atoms with Crippen LogP contribution in [0.2, 0.25) is 0 Å². The molecule has 0 aliphatic carbocycles. The van der Waals surface area contributed by atoms with Crippen molar-refractivity contribution in [2.24, 2.45) is 0 Å². The molecule has 3 aromatic carbocycles. The predicted molar refractivity (Wildman–Crippen MR) is 136 cm³/mol. The van der Waals surface area contributed by atoms with E-state index in [1.807, 2.05) is 47.9 Å². The highest BCUT2D eigenvalue weighted by Gasteiger charge is 2.16. The average molecular weight is 489 g/mol. The van der Waals surface area contributed by atoms with Crippen LogP contribution in [0.5, 0.6) is 0 Å². The van der Waals surface area contributed by atoms with E-state index >= 15 is 0 Å². The predicted octanol–water partition coefficient (Wildman–Crippen LogP) is 5.41. The molecule has 1 heterocycles. The number of nitrogens with one attached hydrogen (secondary N) is 2. The lowest BCUT2D eigenvalue weighted by Gasteiger charge is -2.12. The number of nitrogens with zero attached hydrogens (tertiary/aromatic N) is 4. The summed E-state index contributed by atoms with van der Waals surface area (Å²) in [5.41, 5.74) is 4.88. The maximum atomic E-state index is 12.4. The number of benzene rings is 3. The smallest absolute Gasteiger partial charge is 0.319 e. The Bertz CT molecular complexity index is 1340. The Morgan fingerprint density at radius 3 is 2.40 bits per heavy atom. The van der Waals surface area contributed by atoms with Crippen LogP contribution in [0, 0.1) is 24.0 Å². The Labute approximate surface area is 206 Å². The number of nitro benzene ring substituents is 1. The average Bonchev–Trinajstić information content (AvgIpc) is 3.26. The molecule has 0 spiro atoms. The van der Waals surface area contributed by atoms with Crippen molar-refractivity contribution in [1.29, 1.82) is 0 Å². The summed E-state index contributed by atoms with van der Waals surface area (Å²) in [4.78, 5) is 22.7. The molecule has 10 heteroatoms. The Kier molecular flexibility index (Phi) is 7.41. The molecule has 0 atom stereocenters. The zero-order chi connectivity index (χ0) is 24.8. The number of urea groups is 1. The van der Waals surface area contributed by atoms with Gasteiger partial charge in [0.05, 0.1) is 11.5 Å². The van der Waals surface area contributed by atoms with Crippen LogP contribution in [-0.2, 0) is 12.3 Å². The number of aromatic nitrogens is 3. The third-order valence-electron chi connectivity index (χ3n) is 5.35. The van der Waals surface area contributed by atoms with Crippen molar-refractivity contribution >= 4 is 29.2 Å². The van der Waals surface area contributed by atoms with Gasteiger partial charge in [-0.25, -0.2) is 4.79 Å². The van der Waals surface area contributed by atoms with Crippen molar-refractivity contribution in [3.63, 3.8) is 0 Å². The molecule has 2 amide bonds. The molecule has 0 aliphatic heterocycles. The van der Waals surface area contributed by atoms with E-state index in [1.54, 1.807) is 11.8 Å². The first-order valence-corrected chi connectivity index (χ1v) is 11.9. The van der Waals surface area contributed by atoms with E-state index in [-0.39, 0.29) is 12.2 Å². The fourth-order valence-corrected chi connectivity index (χ4v) is 4.42. The third-order valence-corrected chi connectivity index (χ3v) is 6.33. The molecule has 0 saturated heterocycles. The fourth-order valence-electron chi connectivity index (χ4n) is 3.38. The minimum atomic E-state index is -0.490. The maximum Gasteiger partial charge on any atom is 0.319 e. The number of anilines is 1. The van der Waals surface area contributed by atoms with Gasteiger partial charge in [-0.3, -0.25) is 14.7 Å². The second-order valence-corrected chi connectivity index (χ2v) is 8.84. The number of non-ortho nitro benzene ring substituents is 1. The summed E-state index contributed by atoms with van der Waals surface area (Å²) in [6.07, 6.45) is 0. The second kappa shape index (κ2) is 10.8. The highest BCUT2D eigenvalue weighted by Crippen LogP contribution is 2.26. The normalized spacial score (nSPS) is 10.7. The summed E-state index contributed by atoms with van der Waals surface area (Å²) in [5, 5.41) is 25.7. The largest absolute Gasteiger partial charge is 0.331 e. The van der Waals surface area contributed by atoms with Gasteiger partial charge in [0, 0.05) is 29.3 Å². The highest BCUT2D eigenvalue weighted by atomic mass is 32.2. The Hall–Kier alpha value is -4.18. The van der Waals surface area contributed by atoms with Gasteiger partial charge in [0.15, 0.2) is 11.0 Å². The first-order valence-electron chi connectivity index (χ1n) is 10.9. The van der Waals surface area contributed by atoms with Crippen LogP contribution in [0.1, 0.15) is 22.5 Å². The van der Waals surface area contributed by atoms with Crippen molar-refractivity contribution in [2.45, 2.75) is 31.3 Å². The molecule has 0 bridgehead atoms. The van der Waals surface area contributed by atoms with Gasteiger partial charge in [-0.05, 0) is 49.2 Å². The molecule has 178 valence electrons. The Morgan fingerprint density at radius 1 is 1.00 bits per heavy atom.